The van der Waals surface area contributed by atoms with Crippen LogP contribution in [-0.4, -0.2) is 4.98 Å². The lowest BCUT2D eigenvalue weighted by Crippen LogP contribution is -1.88. The zero-order valence-electron chi connectivity index (χ0n) is 8.82. The fourth-order valence-corrected chi connectivity index (χ4v) is 1.82. The van der Waals surface area contributed by atoms with Crippen LogP contribution >= 0.6 is 34.8 Å². The molecule has 0 N–H and O–H groups in total. The molecule has 1 heterocycles. The van der Waals surface area contributed by atoms with E-state index in [2.05, 4.69) is 4.98 Å². The van der Waals surface area contributed by atoms with Crippen molar-refractivity contribution >= 4 is 34.8 Å². The third-order valence-electron chi connectivity index (χ3n) is 2.05. The van der Waals surface area contributed by atoms with Crippen LogP contribution < -0.4 is 4.74 Å². The highest BCUT2D eigenvalue weighted by molar-refractivity contribution is 6.43. The Morgan fingerprint density at radius 3 is 2.50 bits per heavy atom. The third kappa shape index (κ3) is 2.85. The molecule has 2 rings (SSSR count). The SMILES string of the molecule is N#Cc1cc(Oc2cc(Cl)c(Cl)cc2Cl)ccn1. The molecule has 0 unspecified atom stereocenters. The second kappa shape index (κ2) is 5.45. The van der Waals surface area contributed by atoms with E-state index in [-0.39, 0.29) is 5.69 Å². The lowest BCUT2D eigenvalue weighted by atomic mass is 10.3. The molecular formula is C12H5Cl3N2O. The van der Waals surface area contributed by atoms with Crippen molar-refractivity contribution < 1.29 is 4.74 Å². The maximum Gasteiger partial charge on any atom is 0.147 e. The lowest BCUT2D eigenvalue weighted by molar-refractivity contribution is 0.482. The fraction of sp³-hybridized carbons (Fsp3) is 0. The Balaban J connectivity index is 2.34. The van der Waals surface area contributed by atoms with Crippen LogP contribution in [0.2, 0.25) is 15.1 Å². The Bertz CT molecular complexity index is 638. The first-order valence-electron chi connectivity index (χ1n) is 4.78. The lowest BCUT2D eigenvalue weighted by Gasteiger charge is -2.08. The monoisotopic (exact) mass is 298 g/mol. The molecule has 0 radical (unpaired) electrons. The summed E-state index contributed by atoms with van der Waals surface area (Å²) >= 11 is 17.7. The molecular weight excluding hydrogens is 295 g/mol. The van der Waals surface area contributed by atoms with Gasteiger partial charge in [-0.25, -0.2) is 4.98 Å². The molecule has 18 heavy (non-hydrogen) atoms. The number of benzene rings is 1. The normalized spacial score (nSPS) is 9.89. The molecule has 0 saturated carbocycles. The van der Waals surface area contributed by atoms with Gasteiger partial charge in [-0.2, -0.15) is 5.26 Å². The van der Waals surface area contributed by atoms with Crippen molar-refractivity contribution in [1.29, 1.82) is 5.26 Å². The van der Waals surface area contributed by atoms with Gasteiger partial charge in [-0.1, -0.05) is 34.8 Å². The van der Waals surface area contributed by atoms with Crippen LogP contribution in [0.3, 0.4) is 0 Å². The van der Waals surface area contributed by atoms with E-state index in [4.69, 9.17) is 44.8 Å². The molecule has 0 saturated heterocycles. The van der Waals surface area contributed by atoms with Gasteiger partial charge >= 0.3 is 0 Å². The van der Waals surface area contributed by atoms with Crippen molar-refractivity contribution in [2.75, 3.05) is 0 Å². The average Bonchev–Trinajstić information content (AvgIpc) is 2.36. The van der Waals surface area contributed by atoms with Gasteiger partial charge in [0.1, 0.15) is 23.3 Å². The van der Waals surface area contributed by atoms with E-state index in [9.17, 15) is 0 Å². The molecule has 1 aromatic carbocycles. The second-order valence-corrected chi connectivity index (χ2v) is 4.51. The van der Waals surface area contributed by atoms with Crippen LogP contribution in [0.4, 0.5) is 0 Å². The molecule has 0 amide bonds. The van der Waals surface area contributed by atoms with Crippen LogP contribution in [0.15, 0.2) is 30.5 Å². The third-order valence-corrected chi connectivity index (χ3v) is 3.07. The number of hydrogen-bond acceptors (Lipinski definition) is 3. The van der Waals surface area contributed by atoms with E-state index in [0.717, 1.165) is 0 Å². The summed E-state index contributed by atoms with van der Waals surface area (Å²) < 4.78 is 5.52. The summed E-state index contributed by atoms with van der Waals surface area (Å²) in [6.45, 7) is 0. The smallest absolute Gasteiger partial charge is 0.147 e. The van der Waals surface area contributed by atoms with Gasteiger partial charge < -0.3 is 4.74 Å². The number of rotatable bonds is 2. The van der Waals surface area contributed by atoms with Gasteiger partial charge in [0.2, 0.25) is 0 Å². The summed E-state index contributed by atoms with van der Waals surface area (Å²) in [7, 11) is 0. The Kier molecular flexibility index (Phi) is 3.93. The maximum absolute atomic E-state index is 8.73. The highest BCUT2D eigenvalue weighted by atomic mass is 35.5. The minimum Gasteiger partial charge on any atom is -0.456 e. The minimum atomic E-state index is 0.253. The summed E-state index contributed by atoms with van der Waals surface area (Å²) in [4.78, 5) is 3.83. The van der Waals surface area contributed by atoms with E-state index in [1.807, 2.05) is 6.07 Å². The molecule has 0 fully saturated rings. The topological polar surface area (TPSA) is 45.9 Å². The minimum absolute atomic E-state index is 0.253. The summed E-state index contributed by atoms with van der Waals surface area (Å²) in [5, 5.41) is 9.75. The van der Waals surface area contributed by atoms with E-state index < -0.39 is 0 Å². The van der Waals surface area contributed by atoms with Crippen molar-refractivity contribution in [3.05, 3.63) is 51.2 Å². The molecule has 0 atom stereocenters. The summed E-state index contributed by atoms with van der Waals surface area (Å²) in [5.74, 6) is 0.808. The molecule has 0 aliphatic rings. The van der Waals surface area contributed by atoms with Crippen LogP contribution in [0.25, 0.3) is 0 Å². The largest absolute Gasteiger partial charge is 0.456 e. The Morgan fingerprint density at radius 1 is 1.06 bits per heavy atom. The predicted octanol–water partition coefficient (Wildman–Crippen LogP) is 4.71. The van der Waals surface area contributed by atoms with Crippen LogP contribution in [0, 0.1) is 11.3 Å². The Morgan fingerprint density at radius 2 is 1.78 bits per heavy atom. The predicted molar refractivity (Wildman–Crippen MR) is 70.5 cm³/mol. The highest BCUT2D eigenvalue weighted by Crippen LogP contribution is 2.36. The van der Waals surface area contributed by atoms with E-state index in [1.54, 1.807) is 6.07 Å². The maximum atomic E-state index is 8.73. The molecule has 1 aromatic heterocycles. The first-order valence-corrected chi connectivity index (χ1v) is 5.92. The highest BCUT2D eigenvalue weighted by Gasteiger charge is 2.08. The number of halogens is 3. The van der Waals surface area contributed by atoms with E-state index in [1.165, 1.54) is 24.4 Å². The van der Waals surface area contributed by atoms with Gasteiger partial charge in [0.15, 0.2) is 0 Å². The molecule has 6 heteroatoms. The first kappa shape index (κ1) is 13.0. The number of nitrogens with zero attached hydrogens (tertiary/aromatic N) is 2. The molecule has 0 bridgehead atoms. The van der Waals surface area contributed by atoms with Crippen molar-refractivity contribution in [2.24, 2.45) is 0 Å². The quantitative estimate of drug-likeness (QED) is 0.755. The zero-order valence-corrected chi connectivity index (χ0v) is 11.1. The molecule has 0 aliphatic carbocycles. The summed E-state index contributed by atoms with van der Waals surface area (Å²) in [6, 6.07) is 8.03. The number of ether oxygens (including phenoxy) is 1. The van der Waals surface area contributed by atoms with Crippen LogP contribution in [-0.2, 0) is 0 Å². The Labute approximate surface area is 118 Å². The van der Waals surface area contributed by atoms with E-state index in [0.29, 0.717) is 26.6 Å². The van der Waals surface area contributed by atoms with Gasteiger partial charge in [-0.05, 0) is 12.1 Å². The van der Waals surface area contributed by atoms with Crippen molar-refractivity contribution in [1.82, 2.24) is 4.98 Å². The fourth-order valence-electron chi connectivity index (χ4n) is 1.25. The van der Waals surface area contributed by atoms with Gasteiger partial charge in [0.25, 0.3) is 0 Å². The van der Waals surface area contributed by atoms with Crippen molar-refractivity contribution in [3.63, 3.8) is 0 Å². The summed E-state index contributed by atoms with van der Waals surface area (Å²) in [6.07, 6.45) is 1.47. The number of hydrogen-bond donors (Lipinski definition) is 0. The molecule has 3 nitrogen and oxygen atoms in total. The number of aromatic nitrogens is 1. The zero-order chi connectivity index (χ0) is 13.1. The second-order valence-electron chi connectivity index (χ2n) is 3.29. The molecule has 2 aromatic rings. The molecule has 90 valence electrons. The van der Waals surface area contributed by atoms with Gasteiger partial charge in [0.05, 0.1) is 15.1 Å². The standard InChI is InChI=1S/C12H5Cl3N2O/c13-9-4-11(15)12(5-10(9)14)18-8-1-2-17-7(3-8)6-16/h1-5H. The van der Waals surface area contributed by atoms with Crippen molar-refractivity contribution in [2.45, 2.75) is 0 Å². The van der Waals surface area contributed by atoms with Gasteiger partial charge in [-0.15, -0.1) is 0 Å². The molecule has 0 spiro atoms. The van der Waals surface area contributed by atoms with E-state index >= 15 is 0 Å². The molecule has 0 aliphatic heterocycles. The van der Waals surface area contributed by atoms with Crippen molar-refractivity contribution in [3.8, 4) is 17.6 Å². The number of pyridine rings is 1. The van der Waals surface area contributed by atoms with Gasteiger partial charge in [-0.3, -0.25) is 0 Å². The van der Waals surface area contributed by atoms with Crippen LogP contribution in [0.1, 0.15) is 5.69 Å². The average molecular weight is 300 g/mol. The van der Waals surface area contributed by atoms with Gasteiger partial charge in [0, 0.05) is 18.3 Å². The first-order chi connectivity index (χ1) is 8.60. The van der Waals surface area contributed by atoms with Crippen LogP contribution in [0.5, 0.6) is 11.5 Å². The number of nitriles is 1. The summed E-state index contributed by atoms with van der Waals surface area (Å²) in [5.41, 5.74) is 0.253. The Hall–Kier alpha value is -1.47.